The number of benzene rings is 1. The second kappa shape index (κ2) is 10.4. The standard InChI is InChI=1S/C25H29ClFN7O2/c1-15-11-22(32-31-15)29-21-13-17(28-25(30-21)34-10-7-18(35)14-34)12-16-5-8-33(9-6-16)24(36)19-3-2-4-20(26)23(19)27/h2-4,11,13,16,18,35H,5-10,12,14H2,1H3,(H2,28,29,30,31,32)/t18-/m1/s1. The summed E-state index contributed by atoms with van der Waals surface area (Å²) in [6.45, 7) is 4.22. The van der Waals surface area contributed by atoms with Crippen LogP contribution in [0.1, 0.15) is 41.0 Å². The molecule has 1 atom stereocenters. The van der Waals surface area contributed by atoms with Crippen LogP contribution in [0.3, 0.4) is 0 Å². The van der Waals surface area contributed by atoms with Crippen molar-refractivity contribution < 1.29 is 14.3 Å². The van der Waals surface area contributed by atoms with E-state index >= 15 is 0 Å². The molecule has 3 aromatic rings. The number of rotatable bonds is 6. The molecule has 4 heterocycles. The average molecular weight is 514 g/mol. The van der Waals surface area contributed by atoms with E-state index in [0.29, 0.717) is 56.1 Å². The summed E-state index contributed by atoms with van der Waals surface area (Å²) in [5.41, 5.74) is 1.84. The number of aryl methyl sites for hydroxylation is 1. The number of carbonyl (C=O) groups is 1. The molecule has 0 unspecified atom stereocenters. The molecule has 0 aliphatic carbocycles. The van der Waals surface area contributed by atoms with Crippen LogP contribution in [0.2, 0.25) is 5.02 Å². The fourth-order valence-corrected chi connectivity index (χ4v) is 4.98. The Bertz CT molecular complexity index is 1240. The number of hydrogen-bond acceptors (Lipinski definition) is 7. The lowest BCUT2D eigenvalue weighted by molar-refractivity contribution is 0.0685. The molecule has 2 aliphatic rings. The number of β-amino-alcohol motifs (C(OH)–C–C–N with tert-alkyl or cyclic N) is 1. The molecule has 0 saturated carbocycles. The van der Waals surface area contributed by atoms with Gasteiger partial charge < -0.3 is 20.2 Å². The first-order chi connectivity index (χ1) is 17.4. The van der Waals surface area contributed by atoms with Gasteiger partial charge >= 0.3 is 0 Å². The Morgan fingerprint density at radius 1 is 1.19 bits per heavy atom. The zero-order valence-electron chi connectivity index (χ0n) is 20.0. The SMILES string of the molecule is Cc1cc(Nc2cc(CC3CCN(C(=O)c4cccc(Cl)c4F)CC3)nc(N3CC[C@@H](O)C3)n2)n[nH]1. The van der Waals surface area contributed by atoms with Gasteiger partial charge in [0.1, 0.15) is 5.82 Å². The number of nitrogens with zero attached hydrogens (tertiary/aromatic N) is 5. The molecule has 2 saturated heterocycles. The molecule has 0 radical (unpaired) electrons. The summed E-state index contributed by atoms with van der Waals surface area (Å²) in [5.74, 6) is 1.23. The molecule has 1 aromatic carbocycles. The zero-order chi connectivity index (χ0) is 25.2. The Labute approximate surface area is 213 Å². The number of hydrogen-bond donors (Lipinski definition) is 3. The van der Waals surface area contributed by atoms with Crippen LogP contribution in [0.4, 0.5) is 22.0 Å². The van der Waals surface area contributed by atoms with Crippen molar-refractivity contribution in [1.29, 1.82) is 0 Å². The highest BCUT2D eigenvalue weighted by molar-refractivity contribution is 6.31. The fourth-order valence-electron chi connectivity index (χ4n) is 4.81. The van der Waals surface area contributed by atoms with Crippen LogP contribution in [-0.4, -0.2) is 68.4 Å². The maximum absolute atomic E-state index is 14.3. The maximum Gasteiger partial charge on any atom is 0.256 e. The number of likely N-dealkylation sites (tertiary alicyclic amines) is 1. The van der Waals surface area contributed by atoms with Gasteiger partial charge in [-0.15, -0.1) is 0 Å². The summed E-state index contributed by atoms with van der Waals surface area (Å²) in [4.78, 5) is 26.0. The summed E-state index contributed by atoms with van der Waals surface area (Å²) >= 11 is 5.86. The number of H-pyrrole nitrogens is 1. The Morgan fingerprint density at radius 2 is 2.00 bits per heavy atom. The summed E-state index contributed by atoms with van der Waals surface area (Å²) in [5, 5.41) is 20.3. The maximum atomic E-state index is 14.3. The molecule has 190 valence electrons. The lowest BCUT2D eigenvalue weighted by Gasteiger charge is -2.32. The molecule has 2 aliphatic heterocycles. The first-order valence-electron chi connectivity index (χ1n) is 12.2. The number of piperidine rings is 1. The van der Waals surface area contributed by atoms with Gasteiger partial charge in [0, 0.05) is 49.7 Å². The van der Waals surface area contributed by atoms with Gasteiger partial charge in [0.05, 0.1) is 16.7 Å². The van der Waals surface area contributed by atoms with Crippen LogP contribution >= 0.6 is 11.6 Å². The Hall–Kier alpha value is -3.24. The number of nitrogens with one attached hydrogen (secondary N) is 2. The minimum absolute atomic E-state index is 0.0125. The molecule has 0 spiro atoms. The molecule has 5 rings (SSSR count). The van der Waals surface area contributed by atoms with E-state index in [-0.39, 0.29) is 22.6 Å². The van der Waals surface area contributed by atoms with Gasteiger partial charge in [0.15, 0.2) is 11.6 Å². The number of aliphatic hydroxyl groups excluding tert-OH is 1. The fraction of sp³-hybridized carbons (Fsp3) is 0.440. The highest BCUT2D eigenvalue weighted by atomic mass is 35.5. The van der Waals surface area contributed by atoms with Crippen LogP contribution in [0.15, 0.2) is 30.3 Å². The third kappa shape index (κ3) is 5.44. The van der Waals surface area contributed by atoms with E-state index in [4.69, 9.17) is 16.6 Å². The number of amides is 1. The van der Waals surface area contributed by atoms with Crippen LogP contribution in [0.25, 0.3) is 0 Å². The largest absolute Gasteiger partial charge is 0.391 e. The van der Waals surface area contributed by atoms with Gasteiger partial charge in [-0.05, 0) is 50.7 Å². The third-order valence-corrected chi connectivity index (χ3v) is 7.05. The normalized spacial score (nSPS) is 18.6. The van der Waals surface area contributed by atoms with Crippen LogP contribution < -0.4 is 10.2 Å². The second-order valence-electron chi connectivity index (χ2n) is 9.54. The number of anilines is 3. The van der Waals surface area contributed by atoms with E-state index in [1.807, 2.05) is 24.0 Å². The van der Waals surface area contributed by atoms with E-state index in [9.17, 15) is 14.3 Å². The van der Waals surface area contributed by atoms with Crippen LogP contribution in [0.5, 0.6) is 0 Å². The molecular formula is C25H29ClFN7O2. The first-order valence-corrected chi connectivity index (χ1v) is 12.6. The molecule has 2 fully saturated rings. The Morgan fingerprint density at radius 3 is 2.69 bits per heavy atom. The second-order valence-corrected chi connectivity index (χ2v) is 9.94. The quantitative estimate of drug-likeness (QED) is 0.461. The zero-order valence-corrected chi connectivity index (χ0v) is 20.8. The first kappa shape index (κ1) is 24.5. The minimum atomic E-state index is -0.668. The van der Waals surface area contributed by atoms with Gasteiger partial charge in [-0.1, -0.05) is 17.7 Å². The van der Waals surface area contributed by atoms with Crippen molar-refractivity contribution in [2.45, 2.75) is 38.7 Å². The van der Waals surface area contributed by atoms with E-state index in [0.717, 1.165) is 30.7 Å². The van der Waals surface area contributed by atoms with Crippen molar-refractivity contribution in [1.82, 2.24) is 25.1 Å². The molecule has 36 heavy (non-hydrogen) atoms. The molecular weight excluding hydrogens is 485 g/mol. The number of aromatic nitrogens is 4. The Balaban J connectivity index is 1.28. The van der Waals surface area contributed by atoms with Gasteiger partial charge in [-0.3, -0.25) is 9.89 Å². The molecule has 2 aromatic heterocycles. The number of aliphatic hydroxyl groups is 1. The van der Waals surface area contributed by atoms with Gasteiger partial charge in [0.25, 0.3) is 5.91 Å². The number of carbonyl (C=O) groups excluding carboxylic acids is 1. The van der Waals surface area contributed by atoms with Gasteiger partial charge in [-0.2, -0.15) is 10.1 Å². The van der Waals surface area contributed by atoms with Crippen molar-refractivity contribution in [3.63, 3.8) is 0 Å². The summed E-state index contributed by atoms with van der Waals surface area (Å²) in [6, 6.07) is 8.33. The smallest absolute Gasteiger partial charge is 0.256 e. The number of aromatic amines is 1. The summed E-state index contributed by atoms with van der Waals surface area (Å²) < 4.78 is 14.3. The van der Waals surface area contributed by atoms with E-state index < -0.39 is 5.82 Å². The van der Waals surface area contributed by atoms with Crippen LogP contribution in [-0.2, 0) is 6.42 Å². The van der Waals surface area contributed by atoms with E-state index in [1.165, 1.54) is 12.1 Å². The van der Waals surface area contributed by atoms with E-state index in [1.54, 1.807) is 11.0 Å². The Kier molecular flexibility index (Phi) is 7.06. The summed E-state index contributed by atoms with van der Waals surface area (Å²) in [7, 11) is 0. The van der Waals surface area contributed by atoms with Gasteiger partial charge in [0.2, 0.25) is 5.95 Å². The van der Waals surface area contributed by atoms with Crippen molar-refractivity contribution >= 4 is 35.1 Å². The van der Waals surface area contributed by atoms with Gasteiger partial charge in [-0.25, -0.2) is 9.37 Å². The molecule has 1 amide bonds. The predicted molar refractivity (Wildman–Crippen MR) is 135 cm³/mol. The van der Waals surface area contributed by atoms with Crippen molar-refractivity contribution in [2.24, 2.45) is 5.92 Å². The lowest BCUT2D eigenvalue weighted by Crippen LogP contribution is -2.39. The monoisotopic (exact) mass is 513 g/mol. The highest BCUT2D eigenvalue weighted by Crippen LogP contribution is 2.27. The molecule has 3 N–H and O–H groups in total. The topological polar surface area (TPSA) is 110 Å². The molecule has 9 nitrogen and oxygen atoms in total. The molecule has 0 bridgehead atoms. The van der Waals surface area contributed by atoms with Crippen molar-refractivity contribution in [3.05, 3.63) is 58.1 Å². The average Bonchev–Trinajstić information content (AvgIpc) is 3.48. The van der Waals surface area contributed by atoms with E-state index in [2.05, 4.69) is 20.5 Å². The highest BCUT2D eigenvalue weighted by Gasteiger charge is 2.27. The number of halogens is 2. The summed E-state index contributed by atoms with van der Waals surface area (Å²) in [6.07, 6.45) is 2.62. The van der Waals surface area contributed by atoms with Crippen molar-refractivity contribution in [2.75, 3.05) is 36.4 Å². The minimum Gasteiger partial charge on any atom is -0.391 e. The third-order valence-electron chi connectivity index (χ3n) is 6.76. The van der Waals surface area contributed by atoms with Crippen molar-refractivity contribution in [3.8, 4) is 0 Å². The molecule has 11 heteroatoms. The predicted octanol–water partition coefficient (Wildman–Crippen LogP) is 3.71. The van der Waals surface area contributed by atoms with Crippen LogP contribution in [0, 0.1) is 18.7 Å². The lowest BCUT2D eigenvalue weighted by atomic mass is 9.91.